The predicted molar refractivity (Wildman–Crippen MR) is 77.9 cm³/mol. The Balaban J connectivity index is 1.86. The highest BCUT2D eigenvalue weighted by Crippen LogP contribution is 2.11. The number of imide groups is 1. The molecule has 8 nitrogen and oxygen atoms in total. The molecule has 0 aliphatic carbocycles. The van der Waals surface area contributed by atoms with Crippen molar-refractivity contribution in [2.24, 2.45) is 0 Å². The number of hydrogen-bond donors (Lipinski definition) is 2. The van der Waals surface area contributed by atoms with Crippen molar-refractivity contribution >= 4 is 17.9 Å². The highest BCUT2D eigenvalue weighted by atomic mass is 16.2. The fraction of sp³-hybridized carbons (Fsp3) is 0.538. The van der Waals surface area contributed by atoms with Gasteiger partial charge in [0.2, 0.25) is 11.9 Å². The van der Waals surface area contributed by atoms with E-state index < -0.39 is 6.03 Å². The highest BCUT2D eigenvalue weighted by molar-refractivity contribution is 5.96. The summed E-state index contributed by atoms with van der Waals surface area (Å²) in [5.74, 6) is 0.415. The number of aromatic nitrogens is 2. The van der Waals surface area contributed by atoms with Crippen LogP contribution in [0.25, 0.3) is 0 Å². The van der Waals surface area contributed by atoms with Crippen LogP contribution in [-0.4, -0.2) is 66.1 Å². The van der Waals surface area contributed by atoms with Crippen LogP contribution >= 0.6 is 0 Å². The lowest BCUT2D eigenvalue weighted by molar-refractivity contribution is -0.124. The van der Waals surface area contributed by atoms with E-state index in [9.17, 15) is 9.59 Å². The maximum absolute atomic E-state index is 11.9. The van der Waals surface area contributed by atoms with Gasteiger partial charge in [-0.3, -0.25) is 15.0 Å². The number of hydrogen-bond acceptors (Lipinski definition) is 6. The summed E-state index contributed by atoms with van der Waals surface area (Å²) in [6.07, 6.45) is 3.43. The number of nitrogens with one attached hydrogen (secondary N) is 2. The molecule has 1 saturated heterocycles. The molecular weight excluding hydrogens is 272 g/mol. The van der Waals surface area contributed by atoms with Crippen molar-refractivity contribution in [1.82, 2.24) is 25.5 Å². The van der Waals surface area contributed by atoms with E-state index in [1.54, 1.807) is 25.4 Å². The fourth-order valence-corrected chi connectivity index (χ4v) is 2.21. The maximum atomic E-state index is 11.9. The topological polar surface area (TPSA) is 90.5 Å². The lowest BCUT2D eigenvalue weighted by Crippen LogP contribution is -2.55. The Morgan fingerprint density at radius 1 is 1.19 bits per heavy atom. The number of anilines is 1. The Labute approximate surface area is 123 Å². The summed E-state index contributed by atoms with van der Waals surface area (Å²) in [5, 5.41) is 4.67. The van der Waals surface area contributed by atoms with Crippen molar-refractivity contribution in [2.45, 2.75) is 13.0 Å². The second kappa shape index (κ2) is 6.98. The summed E-state index contributed by atoms with van der Waals surface area (Å²) in [6, 6.07) is 0.953. The minimum atomic E-state index is -0.483. The van der Waals surface area contributed by atoms with Crippen LogP contribution in [0.5, 0.6) is 0 Å². The van der Waals surface area contributed by atoms with E-state index in [2.05, 4.69) is 25.5 Å². The lowest BCUT2D eigenvalue weighted by atomic mass is 10.2. The summed E-state index contributed by atoms with van der Waals surface area (Å²) in [4.78, 5) is 35.6. The summed E-state index contributed by atoms with van der Waals surface area (Å²) in [6.45, 7) is 4.75. The van der Waals surface area contributed by atoms with Crippen molar-refractivity contribution in [3.05, 3.63) is 18.5 Å². The average molecular weight is 292 g/mol. The predicted octanol–water partition coefficient (Wildman–Crippen LogP) is -0.557. The molecule has 1 aliphatic heterocycles. The number of carbonyl (C=O) groups excluding carboxylic acids is 2. The number of nitrogens with zero attached hydrogens (tertiary/aromatic N) is 4. The Bertz CT molecular complexity index is 487. The Kier molecular flexibility index (Phi) is 5.04. The largest absolute Gasteiger partial charge is 0.341 e. The molecule has 1 aliphatic rings. The van der Waals surface area contributed by atoms with Crippen LogP contribution in [0.3, 0.4) is 0 Å². The average Bonchev–Trinajstić information content (AvgIpc) is 2.55. The first kappa shape index (κ1) is 15.2. The molecule has 0 radical (unpaired) electrons. The number of carbonyl (C=O) groups is 2. The smallest absolute Gasteiger partial charge is 0.321 e. The van der Waals surface area contributed by atoms with E-state index in [0.717, 1.165) is 26.2 Å². The molecule has 1 atom stereocenters. The summed E-state index contributed by atoms with van der Waals surface area (Å²) in [7, 11) is 1.48. The minimum Gasteiger partial charge on any atom is -0.341 e. The van der Waals surface area contributed by atoms with Gasteiger partial charge in [-0.1, -0.05) is 0 Å². The van der Waals surface area contributed by atoms with Crippen LogP contribution < -0.4 is 15.5 Å². The highest BCUT2D eigenvalue weighted by Gasteiger charge is 2.27. The molecule has 2 heterocycles. The minimum absolute atomic E-state index is 0.293. The van der Waals surface area contributed by atoms with E-state index in [1.165, 1.54) is 7.05 Å². The first-order chi connectivity index (χ1) is 10.1. The third-order valence-corrected chi connectivity index (χ3v) is 3.54. The standard InChI is InChI=1S/C13H20N6O2/c1-10(11(20)17-13(21)14-2)18-6-8-19(9-7-18)12-15-4-3-5-16-12/h3-5,10H,6-9H2,1-2H3,(H2,14,17,20,21). The second-order valence-corrected chi connectivity index (χ2v) is 4.82. The molecule has 114 valence electrons. The Hall–Kier alpha value is -2.22. The van der Waals surface area contributed by atoms with Crippen LogP contribution in [0.4, 0.5) is 10.7 Å². The van der Waals surface area contributed by atoms with Crippen molar-refractivity contribution in [3.63, 3.8) is 0 Å². The first-order valence-electron chi connectivity index (χ1n) is 6.90. The van der Waals surface area contributed by atoms with Gasteiger partial charge in [-0.05, 0) is 13.0 Å². The van der Waals surface area contributed by atoms with Crippen molar-refractivity contribution in [3.8, 4) is 0 Å². The monoisotopic (exact) mass is 292 g/mol. The van der Waals surface area contributed by atoms with Crippen LogP contribution in [0, 0.1) is 0 Å². The Morgan fingerprint density at radius 2 is 1.81 bits per heavy atom. The molecule has 0 saturated carbocycles. The zero-order valence-electron chi connectivity index (χ0n) is 12.2. The summed E-state index contributed by atoms with van der Waals surface area (Å²) >= 11 is 0. The molecule has 1 fully saturated rings. The van der Waals surface area contributed by atoms with Gasteiger partial charge in [-0.15, -0.1) is 0 Å². The van der Waals surface area contributed by atoms with E-state index in [0.29, 0.717) is 5.95 Å². The van der Waals surface area contributed by atoms with Gasteiger partial charge in [-0.25, -0.2) is 14.8 Å². The number of piperazine rings is 1. The van der Waals surface area contributed by atoms with E-state index in [1.807, 2.05) is 4.90 Å². The molecule has 8 heteroatoms. The molecule has 0 spiro atoms. The van der Waals surface area contributed by atoms with Gasteiger partial charge in [0, 0.05) is 45.6 Å². The molecular formula is C13H20N6O2. The van der Waals surface area contributed by atoms with Gasteiger partial charge >= 0.3 is 6.03 Å². The summed E-state index contributed by atoms with van der Waals surface area (Å²) in [5.41, 5.74) is 0. The molecule has 1 unspecified atom stereocenters. The van der Waals surface area contributed by atoms with Crippen LogP contribution in [0.1, 0.15) is 6.92 Å². The number of rotatable bonds is 3. The van der Waals surface area contributed by atoms with Crippen LogP contribution in [0.2, 0.25) is 0 Å². The number of amides is 3. The number of urea groups is 1. The SMILES string of the molecule is CNC(=O)NC(=O)C(C)N1CCN(c2ncccn2)CC1. The van der Waals surface area contributed by atoms with Gasteiger partial charge in [-0.2, -0.15) is 0 Å². The normalized spacial score (nSPS) is 17.1. The maximum Gasteiger partial charge on any atom is 0.321 e. The van der Waals surface area contributed by atoms with Gasteiger partial charge in [0.15, 0.2) is 0 Å². The molecule has 0 bridgehead atoms. The van der Waals surface area contributed by atoms with Gasteiger partial charge < -0.3 is 10.2 Å². The van der Waals surface area contributed by atoms with E-state index >= 15 is 0 Å². The summed E-state index contributed by atoms with van der Waals surface area (Å²) < 4.78 is 0. The molecule has 1 aromatic rings. The van der Waals surface area contributed by atoms with Crippen molar-refractivity contribution in [1.29, 1.82) is 0 Å². The zero-order chi connectivity index (χ0) is 15.2. The van der Waals surface area contributed by atoms with E-state index in [-0.39, 0.29) is 11.9 Å². The van der Waals surface area contributed by atoms with Crippen LogP contribution in [-0.2, 0) is 4.79 Å². The van der Waals surface area contributed by atoms with Gasteiger partial charge in [0.05, 0.1) is 6.04 Å². The lowest BCUT2D eigenvalue weighted by Gasteiger charge is -2.37. The van der Waals surface area contributed by atoms with Gasteiger partial charge in [0.1, 0.15) is 0 Å². The second-order valence-electron chi connectivity index (χ2n) is 4.82. The van der Waals surface area contributed by atoms with Crippen molar-refractivity contribution in [2.75, 3.05) is 38.1 Å². The fourth-order valence-electron chi connectivity index (χ4n) is 2.21. The first-order valence-corrected chi connectivity index (χ1v) is 6.90. The van der Waals surface area contributed by atoms with E-state index in [4.69, 9.17) is 0 Å². The molecule has 3 amide bonds. The Morgan fingerprint density at radius 3 is 2.38 bits per heavy atom. The van der Waals surface area contributed by atoms with Crippen molar-refractivity contribution < 1.29 is 9.59 Å². The van der Waals surface area contributed by atoms with Gasteiger partial charge in [0.25, 0.3) is 0 Å². The molecule has 2 rings (SSSR count). The molecule has 21 heavy (non-hydrogen) atoms. The molecule has 0 aromatic carbocycles. The zero-order valence-corrected chi connectivity index (χ0v) is 12.2. The quantitative estimate of drug-likeness (QED) is 0.776. The molecule has 1 aromatic heterocycles. The third kappa shape index (κ3) is 3.88. The third-order valence-electron chi connectivity index (χ3n) is 3.54. The molecule has 2 N–H and O–H groups in total. The van der Waals surface area contributed by atoms with Crippen LogP contribution in [0.15, 0.2) is 18.5 Å².